The summed E-state index contributed by atoms with van der Waals surface area (Å²) in [4.78, 5) is 0. The highest BCUT2D eigenvalue weighted by Gasteiger charge is 2.13. The summed E-state index contributed by atoms with van der Waals surface area (Å²) in [6.07, 6.45) is 2.09. The van der Waals surface area contributed by atoms with Gasteiger partial charge < -0.3 is 5.32 Å². The van der Waals surface area contributed by atoms with Crippen molar-refractivity contribution < 1.29 is 0 Å². The van der Waals surface area contributed by atoms with Crippen LogP contribution in [0.4, 0.5) is 0 Å². The molecule has 0 aliphatic rings. The number of halogens is 1. The van der Waals surface area contributed by atoms with Gasteiger partial charge >= 0.3 is 0 Å². The Hall–Kier alpha value is -1.33. The number of hydrogen-bond donors (Lipinski definition) is 1. The zero-order valence-electron chi connectivity index (χ0n) is 13.4. The SMILES string of the molecule is Cc1nn(Cc2c(C)nn(C)c2Cl)cc1CNCC(C)C. The maximum atomic E-state index is 6.28. The summed E-state index contributed by atoms with van der Waals surface area (Å²) >= 11 is 6.28. The topological polar surface area (TPSA) is 47.7 Å². The Morgan fingerprint density at radius 2 is 1.95 bits per heavy atom. The first-order chi connectivity index (χ1) is 9.88. The van der Waals surface area contributed by atoms with E-state index in [0.29, 0.717) is 17.6 Å². The number of aromatic nitrogens is 4. The smallest absolute Gasteiger partial charge is 0.132 e. The minimum atomic E-state index is 0.650. The lowest BCUT2D eigenvalue weighted by Crippen LogP contribution is -2.19. The highest BCUT2D eigenvalue weighted by molar-refractivity contribution is 6.30. The normalized spacial score (nSPS) is 11.6. The van der Waals surface area contributed by atoms with Crippen molar-refractivity contribution in [1.29, 1.82) is 0 Å². The maximum absolute atomic E-state index is 6.28. The quantitative estimate of drug-likeness (QED) is 0.892. The summed E-state index contributed by atoms with van der Waals surface area (Å²) in [6.45, 7) is 10.9. The van der Waals surface area contributed by atoms with E-state index in [-0.39, 0.29) is 0 Å². The van der Waals surface area contributed by atoms with Gasteiger partial charge in [0.1, 0.15) is 5.15 Å². The van der Waals surface area contributed by atoms with Crippen LogP contribution < -0.4 is 5.32 Å². The summed E-state index contributed by atoms with van der Waals surface area (Å²) < 4.78 is 3.64. The number of rotatable bonds is 6. The van der Waals surface area contributed by atoms with Crippen molar-refractivity contribution in [3.05, 3.63) is 33.9 Å². The van der Waals surface area contributed by atoms with Crippen LogP contribution in [0.25, 0.3) is 0 Å². The molecule has 0 saturated heterocycles. The third-order valence-corrected chi connectivity index (χ3v) is 3.98. The number of nitrogens with one attached hydrogen (secondary N) is 1. The van der Waals surface area contributed by atoms with Crippen molar-refractivity contribution in [2.45, 2.75) is 40.8 Å². The lowest BCUT2D eigenvalue weighted by atomic mass is 10.2. The van der Waals surface area contributed by atoms with Crippen LogP contribution in [-0.2, 0) is 20.1 Å². The van der Waals surface area contributed by atoms with E-state index in [4.69, 9.17) is 11.6 Å². The predicted molar refractivity (Wildman–Crippen MR) is 85.6 cm³/mol. The van der Waals surface area contributed by atoms with E-state index in [1.807, 2.05) is 25.6 Å². The summed E-state index contributed by atoms with van der Waals surface area (Å²) in [7, 11) is 1.86. The molecule has 0 bridgehead atoms. The van der Waals surface area contributed by atoms with Gasteiger partial charge in [-0.05, 0) is 26.3 Å². The molecule has 2 aromatic heterocycles. The van der Waals surface area contributed by atoms with Gasteiger partial charge in [-0.25, -0.2) is 0 Å². The van der Waals surface area contributed by atoms with Gasteiger partial charge in [0.05, 0.1) is 17.9 Å². The fraction of sp³-hybridized carbons (Fsp3) is 0.600. The number of aryl methyl sites for hydroxylation is 3. The fourth-order valence-corrected chi connectivity index (χ4v) is 2.56. The average molecular weight is 310 g/mol. The second kappa shape index (κ2) is 6.62. The van der Waals surface area contributed by atoms with Crippen molar-refractivity contribution in [2.75, 3.05) is 6.54 Å². The molecule has 0 radical (unpaired) electrons. The van der Waals surface area contributed by atoms with Crippen LogP contribution in [0.1, 0.15) is 36.4 Å². The molecule has 0 saturated carbocycles. The molecule has 6 heteroatoms. The molecule has 116 valence electrons. The van der Waals surface area contributed by atoms with Crippen LogP contribution in [-0.4, -0.2) is 26.1 Å². The molecule has 0 aliphatic heterocycles. The minimum Gasteiger partial charge on any atom is -0.312 e. The second-order valence-corrected chi connectivity index (χ2v) is 6.30. The van der Waals surface area contributed by atoms with Gasteiger partial charge in [-0.2, -0.15) is 10.2 Å². The minimum absolute atomic E-state index is 0.650. The van der Waals surface area contributed by atoms with Crippen LogP contribution >= 0.6 is 11.6 Å². The van der Waals surface area contributed by atoms with Gasteiger partial charge in [-0.1, -0.05) is 25.4 Å². The van der Waals surface area contributed by atoms with Gasteiger partial charge in [0.15, 0.2) is 0 Å². The Morgan fingerprint density at radius 3 is 2.52 bits per heavy atom. The molecule has 21 heavy (non-hydrogen) atoms. The first-order valence-electron chi connectivity index (χ1n) is 7.30. The maximum Gasteiger partial charge on any atom is 0.132 e. The molecule has 2 rings (SSSR count). The largest absolute Gasteiger partial charge is 0.312 e. The Morgan fingerprint density at radius 1 is 1.24 bits per heavy atom. The summed E-state index contributed by atoms with van der Waals surface area (Å²) in [5.41, 5.74) is 4.27. The van der Waals surface area contributed by atoms with Gasteiger partial charge in [0.2, 0.25) is 0 Å². The lowest BCUT2D eigenvalue weighted by Gasteiger charge is -2.06. The Balaban J connectivity index is 2.08. The number of hydrogen-bond acceptors (Lipinski definition) is 3. The number of nitrogens with zero attached hydrogens (tertiary/aromatic N) is 4. The average Bonchev–Trinajstić information content (AvgIpc) is 2.85. The molecule has 0 aliphatic carbocycles. The van der Waals surface area contributed by atoms with E-state index in [1.54, 1.807) is 4.68 Å². The van der Waals surface area contributed by atoms with Crippen LogP contribution in [0.2, 0.25) is 5.15 Å². The molecule has 0 unspecified atom stereocenters. The molecule has 2 aromatic rings. The van der Waals surface area contributed by atoms with E-state index in [2.05, 4.69) is 35.6 Å². The summed E-state index contributed by atoms with van der Waals surface area (Å²) in [5, 5.41) is 13.0. The summed E-state index contributed by atoms with van der Waals surface area (Å²) in [6, 6.07) is 0. The second-order valence-electron chi connectivity index (χ2n) is 5.94. The van der Waals surface area contributed by atoms with Crippen LogP contribution in [0.5, 0.6) is 0 Å². The molecule has 0 atom stereocenters. The van der Waals surface area contributed by atoms with Gasteiger partial charge in [-0.15, -0.1) is 0 Å². The zero-order valence-corrected chi connectivity index (χ0v) is 14.2. The summed E-state index contributed by atoms with van der Waals surface area (Å²) in [5.74, 6) is 0.650. The van der Waals surface area contributed by atoms with Crippen molar-refractivity contribution in [3.63, 3.8) is 0 Å². The molecule has 0 amide bonds. The van der Waals surface area contributed by atoms with Crippen LogP contribution in [0, 0.1) is 19.8 Å². The highest BCUT2D eigenvalue weighted by Crippen LogP contribution is 2.20. The molecular formula is C15H24ClN5. The molecule has 0 spiro atoms. The van der Waals surface area contributed by atoms with Gasteiger partial charge in [-0.3, -0.25) is 9.36 Å². The van der Waals surface area contributed by atoms with Gasteiger partial charge in [0.25, 0.3) is 0 Å². The first kappa shape index (κ1) is 16.0. The third-order valence-electron chi connectivity index (χ3n) is 3.51. The zero-order chi connectivity index (χ0) is 15.6. The van der Waals surface area contributed by atoms with Crippen LogP contribution in [0.15, 0.2) is 6.20 Å². The molecule has 5 nitrogen and oxygen atoms in total. The molecular weight excluding hydrogens is 286 g/mol. The molecule has 2 heterocycles. The molecule has 0 fully saturated rings. The predicted octanol–water partition coefficient (Wildman–Crippen LogP) is 2.68. The third kappa shape index (κ3) is 3.86. The molecule has 0 aromatic carbocycles. The van der Waals surface area contributed by atoms with Gasteiger partial charge in [0, 0.05) is 30.9 Å². The Bertz CT molecular complexity index is 612. The fourth-order valence-electron chi connectivity index (χ4n) is 2.32. The van der Waals surface area contributed by atoms with E-state index >= 15 is 0 Å². The Labute approximate surface area is 131 Å². The van der Waals surface area contributed by atoms with Crippen molar-refractivity contribution in [3.8, 4) is 0 Å². The Kier molecular flexibility index (Phi) is 5.06. The van der Waals surface area contributed by atoms with Crippen molar-refractivity contribution in [2.24, 2.45) is 13.0 Å². The molecule has 1 N–H and O–H groups in total. The van der Waals surface area contributed by atoms with Crippen molar-refractivity contribution >= 4 is 11.6 Å². The lowest BCUT2D eigenvalue weighted by molar-refractivity contribution is 0.551. The van der Waals surface area contributed by atoms with Crippen molar-refractivity contribution in [1.82, 2.24) is 24.9 Å². The highest BCUT2D eigenvalue weighted by atomic mass is 35.5. The van der Waals surface area contributed by atoms with E-state index in [1.165, 1.54) is 5.56 Å². The van der Waals surface area contributed by atoms with E-state index in [9.17, 15) is 0 Å². The van der Waals surface area contributed by atoms with E-state index < -0.39 is 0 Å². The monoisotopic (exact) mass is 309 g/mol. The standard InChI is InChI=1S/C15H24ClN5/c1-10(2)6-17-7-13-8-21(19-11(13)3)9-14-12(4)18-20(5)15(14)16/h8,10,17H,6-7,9H2,1-5H3. The van der Waals surface area contributed by atoms with Crippen LogP contribution in [0.3, 0.4) is 0 Å². The van der Waals surface area contributed by atoms with E-state index in [0.717, 1.165) is 30.0 Å². The first-order valence-corrected chi connectivity index (χ1v) is 7.68.